The van der Waals surface area contributed by atoms with Crippen molar-refractivity contribution >= 4 is 27.5 Å². The number of hydrogen-bond acceptors (Lipinski definition) is 2. The topological polar surface area (TPSA) is 55.1 Å². The summed E-state index contributed by atoms with van der Waals surface area (Å²) in [6, 6.07) is 7.80. The van der Waals surface area contributed by atoms with Crippen molar-refractivity contribution in [1.29, 1.82) is 0 Å². The quantitative estimate of drug-likeness (QED) is 0.901. The van der Waals surface area contributed by atoms with Gasteiger partial charge in [0.25, 0.3) is 0 Å². The van der Waals surface area contributed by atoms with E-state index < -0.39 is 5.54 Å². The molecule has 1 aliphatic rings. The van der Waals surface area contributed by atoms with Crippen molar-refractivity contribution in [3.8, 4) is 0 Å². The number of carbonyl (C=O) groups is 1. The van der Waals surface area contributed by atoms with E-state index in [4.69, 9.17) is 5.73 Å². The summed E-state index contributed by atoms with van der Waals surface area (Å²) < 4.78 is 0.958. The maximum atomic E-state index is 11.7. The summed E-state index contributed by atoms with van der Waals surface area (Å²) >= 11 is 3.48. The lowest BCUT2D eigenvalue weighted by molar-refractivity contribution is -0.122. The molecule has 0 aromatic heterocycles. The predicted molar refractivity (Wildman–Crippen MR) is 72.7 cm³/mol. The molecule has 0 spiro atoms. The molecule has 1 aliphatic carbocycles. The second kappa shape index (κ2) is 4.69. The minimum Gasteiger partial charge on any atom is -0.370 e. The first-order chi connectivity index (χ1) is 8.03. The van der Waals surface area contributed by atoms with Gasteiger partial charge in [-0.1, -0.05) is 19.1 Å². The normalized spacial score (nSPS) is 28.0. The SMILES string of the molecule is CC1CCC(Nc2ccccc2Br)(C(N)=O)C1. The number of hydrogen-bond donors (Lipinski definition) is 2. The van der Waals surface area contributed by atoms with Gasteiger partial charge in [-0.3, -0.25) is 4.79 Å². The van der Waals surface area contributed by atoms with Gasteiger partial charge in [0.05, 0.1) is 0 Å². The van der Waals surface area contributed by atoms with Gasteiger partial charge in [-0.05, 0) is 53.2 Å². The zero-order chi connectivity index (χ0) is 12.5. The molecular weight excluding hydrogens is 280 g/mol. The first kappa shape index (κ1) is 12.4. The molecule has 2 unspecified atom stereocenters. The Bertz CT molecular complexity index is 435. The smallest absolute Gasteiger partial charge is 0.243 e. The highest BCUT2D eigenvalue weighted by Gasteiger charge is 2.42. The molecular formula is C13H17BrN2O. The van der Waals surface area contributed by atoms with Gasteiger partial charge in [0.1, 0.15) is 5.54 Å². The van der Waals surface area contributed by atoms with Crippen molar-refractivity contribution in [3.63, 3.8) is 0 Å². The van der Waals surface area contributed by atoms with E-state index in [-0.39, 0.29) is 5.91 Å². The van der Waals surface area contributed by atoms with E-state index in [9.17, 15) is 4.79 Å². The van der Waals surface area contributed by atoms with Gasteiger partial charge in [-0.15, -0.1) is 0 Å². The molecule has 0 aliphatic heterocycles. The molecule has 3 N–H and O–H groups in total. The zero-order valence-corrected chi connectivity index (χ0v) is 11.5. The van der Waals surface area contributed by atoms with Gasteiger partial charge in [-0.2, -0.15) is 0 Å². The monoisotopic (exact) mass is 296 g/mol. The van der Waals surface area contributed by atoms with Crippen LogP contribution in [0.4, 0.5) is 5.69 Å². The summed E-state index contributed by atoms with van der Waals surface area (Å²) in [5.74, 6) is 0.287. The molecule has 0 radical (unpaired) electrons. The molecule has 1 saturated carbocycles. The molecule has 2 rings (SSSR count). The van der Waals surface area contributed by atoms with Crippen LogP contribution in [0, 0.1) is 5.92 Å². The minimum atomic E-state index is -0.580. The third kappa shape index (κ3) is 2.46. The number of nitrogens with two attached hydrogens (primary N) is 1. The molecule has 17 heavy (non-hydrogen) atoms. The second-order valence-corrected chi connectivity index (χ2v) is 5.75. The molecule has 0 heterocycles. The van der Waals surface area contributed by atoms with Crippen LogP contribution in [-0.2, 0) is 4.79 Å². The molecule has 92 valence electrons. The van der Waals surface area contributed by atoms with Crippen LogP contribution in [0.5, 0.6) is 0 Å². The van der Waals surface area contributed by atoms with Gasteiger partial charge in [0.15, 0.2) is 0 Å². The molecule has 2 atom stereocenters. The Morgan fingerprint density at radius 2 is 2.24 bits per heavy atom. The third-order valence-corrected chi connectivity index (χ3v) is 4.17. The van der Waals surface area contributed by atoms with E-state index in [1.807, 2.05) is 24.3 Å². The van der Waals surface area contributed by atoms with Crippen LogP contribution >= 0.6 is 15.9 Å². The standard InChI is InChI=1S/C13H17BrN2O/c1-9-6-7-13(8-9,12(15)17)16-11-5-3-2-4-10(11)14/h2-5,9,16H,6-8H2,1H3,(H2,15,17). The zero-order valence-electron chi connectivity index (χ0n) is 9.87. The summed E-state index contributed by atoms with van der Waals surface area (Å²) in [6.07, 6.45) is 2.66. The fourth-order valence-corrected chi connectivity index (χ4v) is 2.89. The molecule has 0 saturated heterocycles. The van der Waals surface area contributed by atoms with Crippen LogP contribution in [0.15, 0.2) is 28.7 Å². The van der Waals surface area contributed by atoms with E-state index >= 15 is 0 Å². The van der Waals surface area contributed by atoms with Crippen LogP contribution in [-0.4, -0.2) is 11.4 Å². The number of primary amides is 1. The summed E-state index contributed by atoms with van der Waals surface area (Å²) in [4.78, 5) is 11.7. The number of para-hydroxylation sites is 1. The average Bonchev–Trinajstić information content (AvgIpc) is 2.65. The van der Waals surface area contributed by atoms with Crippen molar-refractivity contribution in [3.05, 3.63) is 28.7 Å². The lowest BCUT2D eigenvalue weighted by atomic mass is 9.95. The fourth-order valence-electron chi connectivity index (χ4n) is 2.51. The number of carbonyl (C=O) groups excluding carboxylic acids is 1. The van der Waals surface area contributed by atoms with E-state index in [2.05, 4.69) is 28.2 Å². The highest BCUT2D eigenvalue weighted by molar-refractivity contribution is 9.10. The van der Waals surface area contributed by atoms with Crippen molar-refractivity contribution in [1.82, 2.24) is 0 Å². The maximum Gasteiger partial charge on any atom is 0.243 e. The van der Waals surface area contributed by atoms with Crippen molar-refractivity contribution < 1.29 is 4.79 Å². The van der Waals surface area contributed by atoms with Crippen molar-refractivity contribution in [2.75, 3.05) is 5.32 Å². The predicted octanol–water partition coefficient (Wildman–Crippen LogP) is 2.91. The Balaban J connectivity index is 2.26. The second-order valence-electron chi connectivity index (χ2n) is 4.90. The van der Waals surface area contributed by atoms with Crippen LogP contribution < -0.4 is 11.1 Å². The van der Waals surface area contributed by atoms with Crippen LogP contribution in [0.1, 0.15) is 26.2 Å². The highest BCUT2D eigenvalue weighted by atomic mass is 79.9. The summed E-state index contributed by atoms with van der Waals surface area (Å²) in [7, 11) is 0. The largest absolute Gasteiger partial charge is 0.370 e. The highest BCUT2D eigenvalue weighted by Crippen LogP contribution is 2.38. The van der Waals surface area contributed by atoms with Crippen LogP contribution in [0.25, 0.3) is 0 Å². The summed E-state index contributed by atoms with van der Waals surface area (Å²) in [5.41, 5.74) is 5.93. The fraction of sp³-hybridized carbons (Fsp3) is 0.462. The number of nitrogens with one attached hydrogen (secondary N) is 1. The van der Waals surface area contributed by atoms with E-state index in [0.717, 1.165) is 29.4 Å². The van der Waals surface area contributed by atoms with E-state index in [1.54, 1.807) is 0 Å². The van der Waals surface area contributed by atoms with Crippen molar-refractivity contribution in [2.45, 2.75) is 31.7 Å². The van der Waals surface area contributed by atoms with E-state index in [0.29, 0.717) is 5.92 Å². The third-order valence-electron chi connectivity index (χ3n) is 3.48. The molecule has 1 aromatic rings. The number of anilines is 1. The van der Waals surface area contributed by atoms with E-state index in [1.165, 1.54) is 0 Å². The molecule has 1 amide bonds. The first-order valence-electron chi connectivity index (χ1n) is 5.86. The molecule has 0 bridgehead atoms. The Labute approximate surface area is 110 Å². The maximum absolute atomic E-state index is 11.7. The number of benzene rings is 1. The summed E-state index contributed by atoms with van der Waals surface area (Å²) in [5, 5.41) is 3.33. The van der Waals surface area contributed by atoms with Gasteiger partial charge in [-0.25, -0.2) is 0 Å². The van der Waals surface area contributed by atoms with Crippen molar-refractivity contribution in [2.24, 2.45) is 11.7 Å². The number of amides is 1. The average molecular weight is 297 g/mol. The van der Waals surface area contributed by atoms with Gasteiger partial charge in [0.2, 0.25) is 5.91 Å². The molecule has 1 aromatic carbocycles. The molecule has 1 fully saturated rings. The van der Waals surface area contributed by atoms with Gasteiger partial charge in [0, 0.05) is 10.2 Å². The Hall–Kier alpha value is -1.03. The molecule has 3 nitrogen and oxygen atoms in total. The first-order valence-corrected chi connectivity index (χ1v) is 6.65. The Morgan fingerprint density at radius 3 is 2.76 bits per heavy atom. The Morgan fingerprint density at radius 1 is 1.53 bits per heavy atom. The van der Waals surface area contributed by atoms with Gasteiger partial charge < -0.3 is 11.1 Å². The minimum absolute atomic E-state index is 0.252. The Kier molecular flexibility index (Phi) is 3.43. The number of rotatable bonds is 3. The lowest BCUT2D eigenvalue weighted by Crippen LogP contribution is -2.48. The molecule has 4 heteroatoms. The number of halogens is 1. The van der Waals surface area contributed by atoms with Crippen LogP contribution in [0.2, 0.25) is 0 Å². The summed E-state index contributed by atoms with van der Waals surface area (Å²) in [6.45, 7) is 2.16. The lowest BCUT2D eigenvalue weighted by Gasteiger charge is -2.28. The van der Waals surface area contributed by atoms with Crippen LogP contribution in [0.3, 0.4) is 0 Å². The van der Waals surface area contributed by atoms with Gasteiger partial charge >= 0.3 is 0 Å².